The lowest BCUT2D eigenvalue weighted by molar-refractivity contribution is -0.139. The van der Waals surface area contributed by atoms with Crippen LogP contribution in [-0.4, -0.2) is 46.9 Å². The number of carbonyl (C=O) groups is 1. The third-order valence-electron chi connectivity index (χ3n) is 6.34. The first kappa shape index (κ1) is 19.6. The summed E-state index contributed by atoms with van der Waals surface area (Å²) in [6.07, 6.45) is 6.67. The number of aromatic nitrogens is 1. The van der Waals surface area contributed by atoms with Crippen molar-refractivity contribution in [1.82, 2.24) is 14.8 Å². The van der Waals surface area contributed by atoms with E-state index < -0.39 is 0 Å². The molecule has 1 atom stereocenters. The normalized spacial score (nSPS) is 22.6. The Hall–Kier alpha value is -2.71. The van der Waals surface area contributed by atoms with Crippen molar-refractivity contribution in [2.24, 2.45) is 5.41 Å². The van der Waals surface area contributed by atoms with Gasteiger partial charge >= 0.3 is 0 Å². The van der Waals surface area contributed by atoms with E-state index in [1.807, 2.05) is 36.5 Å². The monoisotopic (exact) mass is 388 g/mol. The summed E-state index contributed by atoms with van der Waals surface area (Å²) in [6.45, 7) is 4.68. The average molecular weight is 389 g/mol. The van der Waals surface area contributed by atoms with E-state index in [2.05, 4.69) is 33.0 Å². The average Bonchev–Trinajstić information content (AvgIpc) is 2.76. The first-order valence-corrected chi connectivity index (χ1v) is 10.5. The summed E-state index contributed by atoms with van der Waals surface area (Å²) in [5.74, 6) is 0.288. The summed E-state index contributed by atoms with van der Waals surface area (Å²) in [5, 5.41) is 8.98. The van der Waals surface area contributed by atoms with Gasteiger partial charge in [-0.2, -0.15) is 5.26 Å². The maximum atomic E-state index is 12.5. The van der Waals surface area contributed by atoms with E-state index in [1.54, 1.807) is 0 Å². The van der Waals surface area contributed by atoms with Gasteiger partial charge in [-0.15, -0.1) is 0 Å². The molecule has 1 spiro atoms. The maximum Gasteiger partial charge on any atom is 0.222 e. The van der Waals surface area contributed by atoms with Crippen LogP contribution in [0, 0.1) is 16.7 Å². The van der Waals surface area contributed by atoms with Crippen LogP contribution in [0.2, 0.25) is 0 Å². The van der Waals surface area contributed by atoms with Crippen LogP contribution >= 0.6 is 0 Å². The number of amides is 1. The van der Waals surface area contributed by atoms with Crippen molar-refractivity contribution >= 4 is 5.91 Å². The van der Waals surface area contributed by atoms with Gasteiger partial charge in [0.05, 0.1) is 11.6 Å². The minimum absolute atomic E-state index is 0.211. The molecule has 1 unspecified atom stereocenters. The van der Waals surface area contributed by atoms with Crippen molar-refractivity contribution in [2.75, 3.05) is 26.2 Å². The van der Waals surface area contributed by atoms with Gasteiger partial charge in [0, 0.05) is 56.3 Å². The van der Waals surface area contributed by atoms with Gasteiger partial charge in [0.15, 0.2) is 0 Å². The quantitative estimate of drug-likeness (QED) is 0.788. The first-order chi connectivity index (χ1) is 14.2. The SMILES string of the molecule is N#Cc1ccc(CN2CCCC3(CCC(=O)N(CCc4ccccn4)C3)C2)cc1. The number of piperidine rings is 2. The molecule has 1 aromatic heterocycles. The van der Waals surface area contributed by atoms with Gasteiger partial charge in [0.25, 0.3) is 0 Å². The minimum atomic E-state index is 0.211. The number of hydrogen-bond donors (Lipinski definition) is 0. The van der Waals surface area contributed by atoms with Gasteiger partial charge in [-0.05, 0) is 55.6 Å². The summed E-state index contributed by atoms with van der Waals surface area (Å²) in [6, 6.07) is 16.1. The van der Waals surface area contributed by atoms with Gasteiger partial charge in [0.1, 0.15) is 0 Å². The summed E-state index contributed by atoms with van der Waals surface area (Å²) < 4.78 is 0. The Morgan fingerprint density at radius 2 is 1.97 bits per heavy atom. The van der Waals surface area contributed by atoms with Gasteiger partial charge in [-0.3, -0.25) is 14.7 Å². The Morgan fingerprint density at radius 3 is 2.72 bits per heavy atom. The van der Waals surface area contributed by atoms with Crippen LogP contribution in [-0.2, 0) is 17.8 Å². The van der Waals surface area contributed by atoms with Crippen LogP contribution in [0.4, 0.5) is 0 Å². The van der Waals surface area contributed by atoms with E-state index in [4.69, 9.17) is 5.26 Å². The zero-order chi connectivity index (χ0) is 20.1. The van der Waals surface area contributed by atoms with E-state index in [0.717, 1.165) is 51.3 Å². The van der Waals surface area contributed by atoms with E-state index >= 15 is 0 Å². The smallest absolute Gasteiger partial charge is 0.222 e. The molecule has 0 aliphatic carbocycles. The number of rotatable bonds is 5. The molecule has 2 aliphatic heterocycles. The number of benzene rings is 1. The molecule has 1 aromatic carbocycles. The third-order valence-corrected chi connectivity index (χ3v) is 6.34. The molecule has 1 amide bonds. The van der Waals surface area contributed by atoms with Crippen LogP contribution in [0.1, 0.15) is 42.5 Å². The molecular weight excluding hydrogens is 360 g/mol. The molecule has 2 saturated heterocycles. The fraction of sp³-hybridized carbons (Fsp3) is 0.458. The number of carbonyl (C=O) groups excluding carboxylic acids is 1. The molecule has 2 fully saturated rings. The molecule has 4 rings (SSSR count). The predicted octanol–water partition coefficient (Wildman–Crippen LogP) is 3.40. The van der Waals surface area contributed by atoms with E-state index in [1.165, 1.54) is 18.4 Å². The van der Waals surface area contributed by atoms with Crippen molar-refractivity contribution < 1.29 is 4.79 Å². The van der Waals surface area contributed by atoms with Crippen LogP contribution in [0.3, 0.4) is 0 Å². The second kappa shape index (κ2) is 8.75. The highest BCUT2D eigenvalue weighted by molar-refractivity contribution is 5.77. The summed E-state index contributed by atoms with van der Waals surface area (Å²) in [7, 11) is 0. The molecule has 2 aromatic rings. The summed E-state index contributed by atoms with van der Waals surface area (Å²) in [4.78, 5) is 21.5. The number of hydrogen-bond acceptors (Lipinski definition) is 4. The van der Waals surface area contributed by atoms with Crippen molar-refractivity contribution in [1.29, 1.82) is 5.26 Å². The Kier molecular flexibility index (Phi) is 5.92. The fourth-order valence-electron chi connectivity index (χ4n) is 4.82. The zero-order valence-corrected chi connectivity index (χ0v) is 16.9. The standard InChI is InChI=1S/C24H28N4O/c25-16-20-5-7-21(8-6-20)17-27-14-3-11-24(18-27)12-9-23(29)28(19-24)15-10-22-4-1-2-13-26-22/h1-2,4-8,13H,3,9-12,14-15,17-19H2. The van der Waals surface area contributed by atoms with Crippen LogP contribution in [0.15, 0.2) is 48.7 Å². The lowest BCUT2D eigenvalue weighted by Gasteiger charge is -2.48. The van der Waals surface area contributed by atoms with Crippen molar-refractivity contribution in [3.8, 4) is 6.07 Å². The molecule has 5 nitrogen and oxygen atoms in total. The van der Waals surface area contributed by atoms with Gasteiger partial charge in [0.2, 0.25) is 5.91 Å². The van der Waals surface area contributed by atoms with Crippen molar-refractivity contribution in [2.45, 2.75) is 38.6 Å². The number of nitriles is 1. The number of nitrogens with zero attached hydrogens (tertiary/aromatic N) is 4. The first-order valence-electron chi connectivity index (χ1n) is 10.5. The summed E-state index contributed by atoms with van der Waals surface area (Å²) in [5.41, 5.74) is 3.22. The van der Waals surface area contributed by atoms with E-state index in [-0.39, 0.29) is 11.3 Å². The highest BCUT2D eigenvalue weighted by atomic mass is 16.2. The van der Waals surface area contributed by atoms with Crippen LogP contribution in [0.5, 0.6) is 0 Å². The highest BCUT2D eigenvalue weighted by Gasteiger charge is 2.41. The highest BCUT2D eigenvalue weighted by Crippen LogP contribution is 2.39. The molecule has 150 valence electrons. The molecule has 0 bridgehead atoms. The molecule has 0 radical (unpaired) electrons. The maximum absolute atomic E-state index is 12.5. The molecule has 5 heteroatoms. The van der Waals surface area contributed by atoms with E-state index in [0.29, 0.717) is 12.0 Å². The molecular formula is C24H28N4O. The predicted molar refractivity (Wildman–Crippen MR) is 112 cm³/mol. The Labute approximate surface area is 173 Å². The van der Waals surface area contributed by atoms with Gasteiger partial charge < -0.3 is 4.90 Å². The Morgan fingerprint density at radius 1 is 1.10 bits per heavy atom. The number of pyridine rings is 1. The van der Waals surface area contributed by atoms with Crippen LogP contribution < -0.4 is 0 Å². The fourth-order valence-corrected chi connectivity index (χ4v) is 4.82. The van der Waals surface area contributed by atoms with Crippen LogP contribution in [0.25, 0.3) is 0 Å². The Bertz CT molecular complexity index is 874. The molecule has 29 heavy (non-hydrogen) atoms. The van der Waals surface area contributed by atoms with Gasteiger partial charge in [-0.25, -0.2) is 0 Å². The second-order valence-corrected chi connectivity index (χ2v) is 8.51. The molecule has 0 N–H and O–H groups in total. The zero-order valence-electron chi connectivity index (χ0n) is 16.9. The van der Waals surface area contributed by atoms with Crippen molar-refractivity contribution in [3.63, 3.8) is 0 Å². The topological polar surface area (TPSA) is 60.2 Å². The van der Waals surface area contributed by atoms with Crippen molar-refractivity contribution in [3.05, 3.63) is 65.5 Å². The second-order valence-electron chi connectivity index (χ2n) is 8.51. The lowest BCUT2D eigenvalue weighted by Crippen LogP contribution is -2.54. The largest absolute Gasteiger partial charge is 0.342 e. The third kappa shape index (κ3) is 4.83. The number of likely N-dealkylation sites (tertiary alicyclic amines) is 2. The molecule has 3 heterocycles. The molecule has 2 aliphatic rings. The lowest BCUT2D eigenvalue weighted by atomic mass is 9.73. The summed E-state index contributed by atoms with van der Waals surface area (Å²) >= 11 is 0. The Balaban J connectivity index is 1.38. The van der Waals surface area contributed by atoms with E-state index in [9.17, 15) is 4.79 Å². The van der Waals surface area contributed by atoms with Gasteiger partial charge in [-0.1, -0.05) is 18.2 Å². The minimum Gasteiger partial charge on any atom is -0.342 e. The molecule has 0 saturated carbocycles.